The molecule has 1 aliphatic heterocycles. The van der Waals surface area contributed by atoms with E-state index in [1.165, 1.54) is 30.6 Å². The lowest BCUT2D eigenvalue weighted by Crippen LogP contribution is -2.37. The van der Waals surface area contributed by atoms with Crippen molar-refractivity contribution in [1.29, 1.82) is 0 Å². The molecule has 2 aliphatic rings. The van der Waals surface area contributed by atoms with Gasteiger partial charge in [-0.3, -0.25) is 4.79 Å². The fourth-order valence-corrected chi connectivity index (χ4v) is 3.81. The summed E-state index contributed by atoms with van der Waals surface area (Å²) < 4.78 is 0. The van der Waals surface area contributed by atoms with Gasteiger partial charge < -0.3 is 10.0 Å². The molecule has 1 aromatic heterocycles. The van der Waals surface area contributed by atoms with Crippen molar-refractivity contribution in [3.63, 3.8) is 0 Å². The highest BCUT2D eigenvalue weighted by Gasteiger charge is 2.40. The number of amides is 1. The van der Waals surface area contributed by atoms with Crippen molar-refractivity contribution in [3.05, 3.63) is 21.9 Å². The Morgan fingerprint density at radius 2 is 2.42 bits per heavy atom. The molecule has 2 fully saturated rings. The van der Waals surface area contributed by atoms with Crippen molar-refractivity contribution in [3.8, 4) is 11.8 Å². The van der Waals surface area contributed by atoms with E-state index < -0.39 is 0 Å². The average Bonchev–Trinajstić information content (AvgIpc) is 3.14. The Kier molecular flexibility index (Phi) is 3.58. The Labute approximate surface area is 117 Å². The fraction of sp³-hybridized carbons (Fsp3) is 0.533. The van der Waals surface area contributed by atoms with Crippen LogP contribution in [0.1, 0.15) is 40.9 Å². The molecule has 0 radical (unpaired) electrons. The summed E-state index contributed by atoms with van der Waals surface area (Å²) in [5.41, 5.74) is 0.769. The number of thiophene rings is 1. The lowest BCUT2D eigenvalue weighted by atomic mass is 10.1. The molecule has 4 heteroatoms. The van der Waals surface area contributed by atoms with Crippen molar-refractivity contribution in [1.82, 2.24) is 4.90 Å². The maximum absolute atomic E-state index is 12.4. The van der Waals surface area contributed by atoms with Crippen molar-refractivity contribution >= 4 is 17.2 Å². The molecule has 3 nitrogen and oxygen atoms in total. The minimum absolute atomic E-state index is 0.0843. The molecule has 1 aliphatic carbocycles. The minimum atomic E-state index is 0.0843. The molecule has 1 N–H and O–H groups in total. The first-order chi connectivity index (χ1) is 9.28. The molecule has 0 aromatic carbocycles. The molecule has 100 valence electrons. The van der Waals surface area contributed by atoms with Gasteiger partial charge in [-0.1, -0.05) is 11.8 Å². The molecule has 2 atom stereocenters. The maximum atomic E-state index is 12.4. The number of aliphatic hydroxyl groups excluding tert-OH is 1. The molecule has 1 amide bonds. The van der Waals surface area contributed by atoms with Crippen LogP contribution >= 0.6 is 11.3 Å². The summed E-state index contributed by atoms with van der Waals surface area (Å²) >= 11 is 1.50. The van der Waals surface area contributed by atoms with Crippen molar-refractivity contribution < 1.29 is 9.90 Å². The smallest absolute Gasteiger partial charge is 0.255 e. The van der Waals surface area contributed by atoms with Gasteiger partial charge in [0.05, 0.1) is 17.0 Å². The van der Waals surface area contributed by atoms with Crippen LogP contribution in [0.3, 0.4) is 0 Å². The predicted octanol–water partition coefficient (Wildman–Crippen LogP) is 2.11. The molecule has 2 unspecified atom stereocenters. The van der Waals surface area contributed by atoms with Crippen LogP contribution < -0.4 is 0 Å². The number of piperidine rings is 1. The van der Waals surface area contributed by atoms with Crippen LogP contribution in [-0.4, -0.2) is 35.1 Å². The van der Waals surface area contributed by atoms with Crippen LogP contribution in [0.15, 0.2) is 11.4 Å². The topological polar surface area (TPSA) is 40.5 Å². The highest BCUT2D eigenvalue weighted by molar-refractivity contribution is 7.10. The molecule has 1 aromatic rings. The Hall–Kier alpha value is -1.31. The van der Waals surface area contributed by atoms with Gasteiger partial charge in [0.1, 0.15) is 0 Å². The number of carbonyl (C=O) groups is 1. The lowest BCUT2D eigenvalue weighted by Gasteiger charge is -2.26. The summed E-state index contributed by atoms with van der Waals surface area (Å²) in [4.78, 5) is 15.4. The van der Waals surface area contributed by atoms with Crippen molar-refractivity contribution in [2.24, 2.45) is 5.92 Å². The maximum Gasteiger partial charge on any atom is 0.255 e. The van der Waals surface area contributed by atoms with Gasteiger partial charge in [-0.25, -0.2) is 0 Å². The van der Waals surface area contributed by atoms with E-state index in [9.17, 15) is 4.79 Å². The highest BCUT2D eigenvalue weighted by Crippen LogP contribution is 2.38. The number of hydrogen-bond acceptors (Lipinski definition) is 3. The summed E-state index contributed by atoms with van der Waals surface area (Å²) in [6.07, 6.45) is 4.13. The third-order valence-corrected chi connectivity index (χ3v) is 4.81. The molecule has 3 rings (SSSR count). The van der Waals surface area contributed by atoms with E-state index in [1.54, 1.807) is 0 Å². The first kappa shape index (κ1) is 12.7. The van der Waals surface area contributed by atoms with E-state index in [1.807, 2.05) is 16.3 Å². The van der Waals surface area contributed by atoms with E-state index in [0.717, 1.165) is 22.9 Å². The zero-order chi connectivity index (χ0) is 13.2. The Balaban J connectivity index is 1.69. The van der Waals surface area contributed by atoms with Crippen LogP contribution in [0, 0.1) is 17.8 Å². The SMILES string of the molecule is O=C(c1csc(C#CCCO)c1)N1CC2CCC1C2. The standard InChI is InChI=1S/C15H17NO2S/c17-6-2-1-3-14-8-12(10-19-14)15(18)16-9-11-4-5-13(16)7-11/h8,10-11,13,17H,2,4-7,9H2. The number of fused-ring (bicyclic) bond motifs is 2. The fourth-order valence-electron chi connectivity index (χ4n) is 3.06. The van der Waals surface area contributed by atoms with Gasteiger partial charge >= 0.3 is 0 Å². The largest absolute Gasteiger partial charge is 0.395 e. The first-order valence-electron chi connectivity index (χ1n) is 6.77. The third-order valence-electron chi connectivity index (χ3n) is 3.96. The predicted molar refractivity (Wildman–Crippen MR) is 75.1 cm³/mol. The number of nitrogens with zero attached hydrogens (tertiary/aromatic N) is 1. The highest BCUT2D eigenvalue weighted by atomic mass is 32.1. The third kappa shape index (κ3) is 2.54. The van der Waals surface area contributed by atoms with Gasteiger partial charge in [0.2, 0.25) is 0 Å². The normalized spacial score (nSPS) is 24.4. The quantitative estimate of drug-likeness (QED) is 0.840. The molecule has 1 saturated carbocycles. The second-order valence-electron chi connectivity index (χ2n) is 5.27. The van der Waals surface area contributed by atoms with E-state index in [0.29, 0.717) is 12.5 Å². The molecule has 19 heavy (non-hydrogen) atoms. The number of hydrogen-bond donors (Lipinski definition) is 1. The monoisotopic (exact) mass is 275 g/mol. The minimum Gasteiger partial charge on any atom is -0.395 e. The second kappa shape index (κ2) is 5.36. The molecular formula is C15H17NO2S. The lowest BCUT2D eigenvalue weighted by molar-refractivity contribution is 0.0704. The van der Waals surface area contributed by atoms with Crippen LogP contribution in [0.25, 0.3) is 0 Å². The second-order valence-corrected chi connectivity index (χ2v) is 6.18. The zero-order valence-electron chi connectivity index (χ0n) is 10.8. The summed E-state index contributed by atoms with van der Waals surface area (Å²) in [7, 11) is 0. The Morgan fingerprint density at radius 3 is 3.11 bits per heavy atom. The molecule has 2 bridgehead atoms. The zero-order valence-corrected chi connectivity index (χ0v) is 11.6. The molecule has 1 saturated heterocycles. The first-order valence-corrected chi connectivity index (χ1v) is 7.65. The van der Waals surface area contributed by atoms with E-state index in [-0.39, 0.29) is 12.5 Å². The van der Waals surface area contributed by atoms with Crippen molar-refractivity contribution in [2.75, 3.05) is 13.2 Å². The number of aliphatic hydroxyl groups is 1. The molecule has 0 spiro atoms. The number of carbonyl (C=O) groups excluding carboxylic acids is 1. The summed E-state index contributed by atoms with van der Waals surface area (Å²) in [6, 6.07) is 2.35. The summed E-state index contributed by atoms with van der Waals surface area (Å²) in [6.45, 7) is 1.02. The summed E-state index contributed by atoms with van der Waals surface area (Å²) in [5.74, 6) is 6.77. The van der Waals surface area contributed by atoms with E-state index in [2.05, 4.69) is 11.8 Å². The van der Waals surface area contributed by atoms with Crippen LogP contribution in [0.5, 0.6) is 0 Å². The van der Waals surface area contributed by atoms with Crippen LogP contribution in [0.4, 0.5) is 0 Å². The van der Waals surface area contributed by atoms with Crippen LogP contribution in [-0.2, 0) is 0 Å². The summed E-state index contributed by atoms with van der Waals surface area (Å²) in [5, 5.41) is 10.6. The Bertz CT molecular complexity index is 540. The number of likely N-dealkylation sites (tertiary alicyclic amines) is 1. The van der Waals surface area contributed by atoms with Gasteiger partial charge in [0.25, 0.3) is 5.91 Å². The molecular weight excluding hydrogens is 258 g/mol. The van der Waals surface area contributed by atoms with Gasteiger partial charge in [-0.15, -0.1) is 11.3 Å². The number of rotatable bonds is 2. The van der Waals surface area contributed by atoms with E-state index >= 15 is 0 Å². The van der Waals surface area contributed by atoms with Crippen molar-refractivity contribution in [2.45, 2.75) is 31.7 Å². The molecule has 2 heterocycles. The van der Waals surface area contributed by atoms with Crippen LogP contribution in [0.2, 0.25) is 0 Å². The van der Waals surface area contributed by atoms with Gasteiger partial charge in [0, 0.05) is 24.4 Å². The van der Waals surface area contributed by atoms with Gasteiger partial charge in [-0.05, 0) is 31.2 Å². The average molecular weight is 275 g/mol. The van der Waals surface area contributed by atoms with E-state index in [4.69, 9.17) is 5.11 Å². The van der Waals surface area contributed by atoms with Gasteiger partial charge in [-0.2, -0.15) is 0 Å². The Morgan fingerprint density at radius 1 is 1.53 bits per heavy atom. The van der Waals surface area contributed by atoms with Gasteiger partial charge in [0.15, 0.2) is 0 Å².